The Bertz CT molecular complexity index is 474. The molecule has 1 fully saturated rings. The second-order valence-corrected chi connectivity index (χ2v) is 6.44. The van der Waals surface area contributed by atoms with E-state index in [1.807, 2.05) is 19.3 Å². The molecule has 17 heavy (non-hydrogen) atoms. The average Bonchev–Trinajstić information content (AvgIpc) is 2.63. The number of aryl methyl sites for hydroxylation is 1. The van der Waals surface area contributed by atoms with E-state index in [0.717, 1.165) is 18.7 Å². The highest BCUT2D eigenvalue weighted by atomic mass is 32.2. The second-order valence-electron chi connectivity index (χ2n) is 4.46. The quantitative estimate of drug-likeness (QED) is 0.844. The van der Waals surface area contributed by atoms with Crippen molar-refractivity contribution in [3.05, 3.63) is 12.3 Å². The highest BCUT2D eigenvalue weighted by molar-refractivity contribution is 7.88. The summed E-state index contributed by atoms with van der Waals surface area (Å²) in [6, 6.07) is 2.23. The molecular weight excluding hydrogens is 240 g/mol. The van der Waals surface area contributed by atoms with E-state index in [0.29, 0.717) is 19.1 Å². The molecule has 0 radical (unpaired) electrons. The molecule has 7 heteroatoms. The number of sulfonamides is 1. The summed E-state index contributed by atoms with van der Waals surface area (Å²) in [5.41, 5.74) is 0. The summed E-state index contributed by atoms with van der Waals surface area (Å²) in [5, 5.41) is 7.57. The van der Waals surface area contributed by atoms with Crippen LogP contribution in [0.4, 0.5) is 5.82 Å². The number of hydrogen-bond donors (Lipinski definition) is 1. The predicted molar refractivity (Wildman–Crippen MR) is 66.3 cm³/mol. The Balaban J connectivity index is 1.87. The first kappa shape index (κ1) is 12.4. The van der Waals surface area contributed by atoms with Crippen LogP contribution >= 0.6 is 0 Å². The van der Waals surface area contributed by atoms with Crippen LogP contribution in [0, 0.1) is 0 Å². The highest BCUT2D eigenvalue weighted by Crippen LogP contribution is 2.16. The molecule has 1 aliphatic rings. The molecule has 0 saturated carbocycles. The molecule has 2 heterocycles. The van der Waals surface area contributed by atoms with Gasteiger partial charge in [-0.1, -0.05) is 0 Å². The largest absolute Gasteiger partial charge is 0.366 e. The van der Waals surface area contributed by atoms with Crippen molar-refractivity contribution in [1.82, 2.24) is 14.1 Å². The van der Waals surface area contributed by atoms with Crippen LogP contribution < -0.4 is 5.32 Å². The van der Waals surface area contributed by atoms with E-state index in [1.165, 1.54) is 10.6 Å². The van der Waals surface area contributed by atoms with Crippen molar-refractivity contribution in [3.8, 4) is 0 Å². The van der Waals surface area contributed by atoms with E-state index < -0.39 is 10.0 Å². The number of nitrogens with one attached hydrogen (secondary N) is 1. The fraction of sp³-hybridized carbons (Fsp3) is 0.700. The smallest absolute Gasteiger partial charge is 0.211 e. The Labute approximate surface area is 102 Å². The Kier molecular flexibility index (Phi) is 3.39. The van der Waals surface area contributed by atoms with Crippen molar-refractivity contribution in [3.63, 3.8) is 0 Å². The highest BCUT2D eigenvalue weighted by Gasteiger charge is 2.24. The van der Waals surface area contributed by atoms with Crippen molar-refractivity contribution in [2.75, 3.05) is 24.7 Å². The third-order valence-electron chi connectivity index (χ3n) is 2.99. The lowest BCUT2D eigenvalue weighted by Crippen LogP contribution is -2.41. The van der Waals surface area contributed by atoms with E-state index in [-0.39, 0.29) is 0 Å². The molecule has 0 amide bonds. The van der Waals surface area contributed by atoms with Gasteiger partial charge in [-0.2, -0.15) is 5.10 Å². The molecule has 0 bridgehead atoms. The minimum Gasteiger partial charge on any atom is -0.366 e. The fourth-order valence-electron chi connectivity index (χ4n) is 2.03. The van der Waals surface area contributed by atoms with Crippen LogP contribution in [0.5, 0.6) is 0 Å². The van der Waals surface area contributed by atoms with Gasteiger partial charge in [0, 0.05) is 38.4 Å². The normalized spacial score (nSPS) is 19.4. The fourth-order valence-corrected chi connectivity index (χ4v) is 2.91. The SMILES string of the molecule is Cn1ccc(NC2CCN(S(C)(=O)=O)CC2)n1. The maximum absolute atomic E-state index is 11.3. The molecule has 0 spiro atoms. The molecule has 0 aromatic carbocycles. The van der Waals surface area contributed by atoms with Gasteiger partial charge in [-0.05, 0) is 12.8 Å². The van der Waals surface area contributed by atoms with Gasteiger partial charge < -0.3 is 5.32 Å². The van der Waals surface area contributed by atoms with Crippen LogP contribution in [0.3, 0.4) is 0 Å². The second kappa shape index (κ2) is 4.66. The van der Waals surface area contributed by atoms with Crippen molar-refractivity contribution in [2.24, 2.45) is 7.05 Å². The molecule has 96 valence electrons. The minimum atomic E-state index is -3.03. The molecule has 6 nitrogen and oxygen atoms in total. The monoisotopic (exact) mass is 258 g/mol. The number of anilines is 1. The van der Waals surface area contributed by atoms with E-state index in [4.69, 9.17) is 0 Å². The van der Waals surface area contributed by atoms with Gasteiger partial charge in [-0.15, -0.1) is 0 Å². The van der Waals surface area contributed by atoms with Crippen LogP contribution in [-0.4, -0.2) is 47.9 Å². The minimum absolute atomic E-state index is 0.308. The maximum Gasteiger partial charge on any atom is 0.211 e. The molecule has 1 saturated heterocycles. The first-order valence-corrected chi connectivity index (χ1v) is 7.51. The van der Waals surface area contributed by atoms with Crippen molar-refractivity contribution < 1.29 is 8.42 Å². The maximum atomic E-state index is 11.3. The molecule has 1 aliphatic heterocycles. The van der Waals surface area contributed by atoms with Gasteiger partial charge in [0.2, 0.25) is 10.0 Å². The number of aromatic nitrogens is 2. The summed E-state index contributed by atoms with van der Waals surface area (Å²) < 4.78 is 26.0. The number of nitrogens with zero attached hydrogens (tertiary/aromatic N) is 3. The summed E-state index contributed by atoms with van der Waals surface area (Å²) in [5.74, 6) is 0.852. The lowest BCUT2D eigenvalue weighted by Gasteiger charge is -2.30. The number of hydrogen-bond acceptors (Lipinski definition) is 4. The number of piperidine rings is 1. The molecule has 0 unspecified atom stereocenters. The van der Waals surface area contributed by atoms with Crippen LogP contribution in [0.1, 0.15) is 12.8 Å². The van der Waals surface area contributed by atoms with E-state index >= 15 is 0 Å². The molecule has 0 aliphatic carbocycles. The van der Waals surface area contributed by atoms with Crippen molar-refractivity contribution >= 4 is 15.8 Å². The third kappa shape index (κ3) is 3.19. The van der Waals surface area contributed by atoms with E-state index in [1.54, 1.807) is 4.68 Å². The predicted octanol–water partition coefficient (Wildman–Crippen LogP) is 0.256. The summed E-state index contributed by atoms with van der Waals surface area (Å²) in [6.07, 6.45) is 4.79. The van der Waals surface area contributed by atoms with E-state index in [9.17, 15) is 8.42 Å². The lowest BCUT2D eigenvalue weighted by atomic mass is 10.1. The molecule has 2 rings (SSSR count). The number of rotatable bonds is 3. The average molecular weight is 258 g/mol. The standard InChI is InChI=1S/C10H18N4O2S/c1-13-6-5-10(12-13)11-9-3-7-14(8-4-9)17(2,15)16/h5-6,9H,3-4,7-8H2,1-2H3,(H,11,12). The zero-order chi connectivity index (χ0) is 12.5. The van der Waals surface area contributed by atoms with Crippen LogP contribution in [0.2, 0.25) is 0 Å². The van der Waals surface area contributed by atoms with Gasteiger partial charge in [0.25, 0.3) is 0 Å². The van der Waals surface area contributed by atoms with Crippen molar-refractivity contribution in [2.45, 2.75) is 18.9 Å². The topological polar surface area (TPSA) is 67.2 Å². The van der Waals surface area contributed by atoms with Gasteiger partial charge in [0.15, 0.2) is 0 Å². The molecule has 1 aromatic rings. The Morgan fingerprint density at radius 3 is 2.53 bits per heavy atom. The lowest BCUT2D eigenvalue weighted by molar-refractivity contribution is 0.331. The first-order valence-electron chi connectivity index (χ1n) is 5.66. The zero-order valence-corrected chi connectivity index (χ0v) is 10.9. The Morgan fingerprint density at radius 2 is 2.06 bits per heavy atom. The first-order chi connectivity index (χ1) is 7.95. The molecule has 0 atom stereocenters. The summed E-state index contributed by atoms with van der Waals surface area (Å²) >= 11 is 0. The van der Waals surface area contributed by atoms with Crippen LogP contribution in [-0.2, 0) is 17.1 Å². The molecule has 1 aromatic heterocycles. The van der Waals surface area contributed by atoms with Crippen LogP contribution in [0.25, 0.3) is 0 Å². The molecular formula is C10H18N4O2S. The summed E-state index contributed by atoms with van der Waals surface area (Å²) in [6.45, 7) is 1.17. The Morgan fingerprint density at radius 1 is 1.41 bits per heavy atom. The summed E-state index contributed by atoms with van der Waals surface area (Å²) in [7, 11) is -1.16. The zero-order valence-electron chi connectivity index (χ0n) is 10.1. The third-order valence-corrected chi connectivity index (χ3v) is 4.29. The Hall–Kier alpha value is -1.08. The van der Waals surface area contributed by atoms with Gasteiger partial charge in [-0.3, -0.25) is 4.68 Å². The summed E-state index contributed by atoms with van der Waals surface area (Å²) in [4.78, 5) is 0. The van der Waals surface area contributed by atoms with Gasteiger partial charge in [-0.25, -0.2) is 12.7 Å². The van der Waals surface area contributed by atoms with Gasteiger partial charge in [0.05, 0.1) is 6.26 Å². The van der Waals surface area contributed by atoms with Gasteiger partial charge >= 0.3 is 0 Å². The van der Waals surface area contributed by atoms with Crippen LogP contribution in [0.15, 0.2) is 12.3 Å². The van der Waals surface area contributed by atoms with E-state index in [2.05, 4.69) is 10.4 Å². The molecule has 1 N–H and O–H groups in total. The van der Waals surface area contributed by atoms with Crippen molar-refractivity contribution in [1.29, 1.82) is 0 Å². The van der Waals surface area contributed by atoms with Gasteiger partial charge in [0.1, 0.15) is 5.82 Å².